The van der Waals surface area contributed by atoms with E-state index in [2.05, 4.69) is 0 Å². The van der Waals surface area contributed by atoms with Gasteiger partial charge in [-0.2, -0.15) is 11.8 Å². The van der Waals surface area contributed by atoms with Gasteiger partial charge in [0.05, 0.1) is 18.3 Å². The molecule has 0 aliphatic carbocycles. The van der Waals surface area contributed by atoms with Crippen molar-refractivity contribution < 1.29 is 18.7 Å². The highest BCUT2D eigenvalue weighted by Gasteiger charge is 2.29. The Bertz CT molecular complexity index is 492. The van der Waals surface area contributed by atoms with E-state index in [0.717, 1.165) is 11.5 Å². The van der Waals surface area contributed by atoms with Crippen molar-refractivity contribution in [1.82, 2.24) is 4.90 Å². The third-order valence-corrected chi connectivity index (χ3v) is 4.13. The molecule has 1 aromatic rings. The molecular formula is C15H21NO4S. The molecule has 1 aromatic heterocycles. The minimum absolute atomic E-state index is 0.0855. The van der Waals surface area contributed by atoms with Gasteiger partial charge in [-0.25, -0.2) is 0 Å². The minimum Gasteiger partial charge on any atom is -0.466 e. The number of nitrogens with zero attached hydrogens (tertiary/aromatic N) is 1. The van der Waals surface area contributed by atoms with Crippen molar-refractivity contribution >= 4 is 23.6 Å². The summed E-state index contributed by atoms with van der Waals surface area (Å²) in [4.78, 5) is 25.7. The number of ether oxygens (including phenoxy) is 1. The predicted octanol–water partition coefficient (Wildman–Crippen LogP) is 2.56. The topological polar surface area (TPSA) is 59.8 Å². The first-order valence-corrected chi connectivity index (χ1v) is 8.58. The second kappa shape index (κ2) is 7.54. The van der Waals surface area contributed by atoms with Gasteiger partial charge in [0, 0.05) is 13.1 Å². The number of carbonyl (C=O) groups excluding carboxylic acids is 2. The molecule has 0 spiro atoms. The maximum atomic E-state index is 12.3. The summed E-state index contributed by atoms with van der Waals surface area (Å²) < 4.78 is 10.6. The zero-order valence-electron chi connectivity index (χ0n) is 12.5. The minimum atomic E-state index is -0.148. The number of carbonyl (C=O) groups is 2. The van der Waals surface area contributed by atoms with Gasteiger partial charge in [0.1, 0.15) is 5.76 Å². The van der Waals surface area contributed by atoms with Crippen LogP contribution in [-0.4, -0.2) is 42.7 Å². The van der Waals surface area contributed by atoms with Crippen molar-refractivity contribution in [2.75, 3.05) is 26.0 Å². The van der Waals surface area contributed by atoms with Crippen LogP contribution in [0.15, 0.2) is 16.5 Å². The number of furan rings is 1. The Labute approximate surface area is 129 Å². The molecule has 1 aliphatic rings. The monoisotopic (exact) mass is 311 g/mol. The molecule has 1 amide bonds. The van der Waals surface area contributed by atoms with Gasteiger partial charge in [0.2, 0.25) is 0 Å². The molecule has 1 aliphatic heterocycles. The summed E-state index contributed by atoms with van der Waals surface area (Å²) in [5, 5.41) is 0. The van der Waals surface area contributed by atoms with Crippen molar-refractivity contribution in [3.05, 3.63) is 23.7 Å². The average Bonchev–Trinajstić information content (AvgIpc) is 2.96. The molecule has 116 valence electrons. The standard InChI is InChI=1S/C15H21NO4S/c1-3-19-15(18)11-6-8-16(9-7-11)14(17)13-5-4-12(20-13)10-21-2/h4-5,11H,3,6-10H2,1-2H3. The summed E-state index contributed by atoms with van der Waals surface area (Å²) in [6, 6.07) is 3.57. The number of thioether (sulfide) groups is 1. The van der Waals surface area contributed by atoms with E-state index in [1.165, 1.54) is 0 Å². The van der Waals surface area contributed by atoms with Crippen LogP contribution < -0.4 is 0 Å². The second-order valence-corrected chi connectivity index (χ2v) is 5.88. The van der Waals surface area contributed by atoms with E-state index in [-0.39, 0.29) is 17.8 Å². The van der Waals surface area contributed by atoms with Gasteiger partial charge in [-0.05, 0) is 38.2 Å². The Morgan fingerprint density at radius 2 is 2.10 bits per heavy atom. The Morgan fingerprint density at radius 1 is 1.38 bits per heavy atom. The Kier molecular flexibility index (Phi) is 5.73. The van der Waals surface area contributed by atoms with Gasteiger partial charge in [-0.3, -0.25) is 9.59 Å². The van der Waals surface area contributed by atoms with Crippen LogP contribution in [0.1, 0.15) is 36.1 Å². The van der Waals surface area contributed by atoms with E-state index >= 15 is 0 Å². The second-order valence-electron chi connectivity index (χ2n) is 5.02. The van der Waals surface area contributed by atoms with Crippen LogP contribution in [0.2, 0.25) is 0 Å². The summed E-state index contributed by atoms with van der Waals surface area (Å²) in [5.41, 5.74) is 0. The van der Waals surface area contributed by atoms with Crippen LogP contribution >= 0.6 is 11.8 Å². The van der Waals surface area contributed by atoms with Crippen LogP contribution in [-0.2, 0) is 15.3 Å². The number of piperidine rings is 1. The molecule has 21 heavy (non-hydrogen) atoms. The van der Waals surface area contributed by atoms with Crippen LogP contribution in [0.3, 0.4) is 0 Å². The van der Waals surface area contributed by atoms with Gasteiger partial charge >= 0.3 is 5.97 Å². The normalized spacial score (nSPS) is 16.0. The fraction of sp³-hybridized carbons (Fsp3) is 0.600. The summed E-state index contributed by atoms with van der Waals surface area (Å²) in [6.45, 7) is 3.35. The highest BCUT2D eigenvalue weighted by Crippen LogP contribution is 2.21. The van der Waals surface area contributed by atoms with E-state index in [4.69, 9.17) is 9.15 Å². The Morgan fingerprint density at radius 3 is 2.71 bits per heavy atom. The van der Waals surface area contributed by atoms with E-state index < -0.39 is 0 Å². The summed E-state index contributed by atoms with van der Waals surface area (Å²) in [7, 11) is 0. The van der Waals surface area contributed by atoms with Crippen LogP contribution in [0.4, 0.5) is 0 Å². The maximum Gasteiger partial charge on any atom is 0.309 e. The van der Waals surface area contributed by atoms with Crippen molar-refractivity contribution in [1.29, 1.82) is 0 Å². The molecule has 5 nitrogen and oxygen atoms in total. The van der Waals surface area contributed by atoms with Crippen molar-refractivity contribution in [2.24, 2.45) is 5.92 Å². The van der Waals surface area contributed by atoms with Gasteiger partial charge in [-0.1, -0.05) is 0 Å². The molecule has 1 fully saturated rings. The van der Waals surface area contributed by atoms with E-state index in [1.54, 1.807) is 29.7 Å². The lowest BCUT2D eigenvalue weighted by molar-refractivity contribution is -0.149. The molecule has 0 radical (unpaired) electrons. The Balaban J connectivity index is 1.89. The molecule has 6 heteroatoms. The molecule has 0 atom stereocenters. The number of amides is 1. The average molecular weight is 311 g/mol. The molecule has 2 heterocycles. The van der Waals surface area contributed by atoms with Gasteiger partial charge in [0.25, 0.3) is 5.91 Å². The summed E-state index contributed by atoms with van der Waals surface area (Å²) in [5.74, 6) is 1.63. The van der Waals surface area contributed by atoms with Gasteiger partial charge in [-0.15, -0.1) is 0 Å². The lowest BCUT2D eigenvalue weighted by atomic mass is 9.97. The molecule has 0 bridgehead atoms. The SMILES string of the molecule is CCOC(=O)C1CCN(C(=O)c2ccc(CSC)o2)CC1. The molecular weight excluding hydrogens is 290 g/mol. The van der Waals surface area contributed by atoms with E-state index in [1.807, 2.05) is 12.3 Å². The van der Waals surface area contributed by atoms with Crippen LogP contribution in [0.5, 0.6) is 0 Å². The number of hydrogen-bond donors (Lipinski definition) is 0. The Hall–Kier alpha value is -1.43. The highest BCUT2D eigenvalue weighted by atomic mass is 32.2. The smallest absolute Gasteiger partial charge is 0.309 e. The maximum absolute atomic E-state index is 12.3. The largest absolute Gasteiger partial charge is 0.466 e. The van der Waals surface area contributed by atoms with E-state index in [9.17, 15) is 9.59 Å². The molecule has 2 rings (SSSR count). The van der Waals surface area contributed by atoms with E-state index in [0.29, 0.717) is 38.3 Å². The predicted molar refractivity (Wildman–Crippen MR) is 81.2 cm³/mol. The molecule has 0 N–H and O–H groups in total. The number of likely N-dealkylation sites (tertiary alicyclic amines) is 1. The number of hydrogen-bond acceptors (Lipinski definition) is 5. The van der Waals surface area contributed by atoms with Crippen molar-refractivity contribution in [2.45, 2.75) is 25.5 Å². The van der Waals surface area contributed by atoms with Crippen molar-refractivity contribution in [3.8, 4) is 0 Å². The zero-order valence-corrected chi connectivity index (χ0v) is 13.3. The van der Waals surface area contributed by atoms with Crippen LogP contribution in [0.25, 0.3) is 0 Å². The summed E-state index contributed by atoms with van der Waals surface area (Å²) >= 11 is 1.65. The zero-order chi connectivity index (χ0) is 15.2. The first kappa shape index (κ1) is 15.9. The number of esters is 1. The first-order chi connectivity index (χ1) is 10.2. The van der Waals surface area contributed by atoms with Gasteiger partial charge in [0.15, 0.2) is 5.76 Å². The summed E-state index contributed by atoms with van der Waals surface area (Å²) in [6.07, 6.45) is 3.30. The van der Waals surface area contributed by atoms with Gasteiger partial charge < -0.3 is 14.1 Å². The lowest BCUT2D eigenvalue weighted by Crippen LogP contribution is -2.40. The highest BCUT2D eigenvalue weighted by molar-refractivity contribution is 7.97. The fourth-order valence-corrected chi connectivity index (χ4v) is 2.89. The first-order valence-electron chi connectivity index (χ1n) is 7.19. The number of rotatable bonds is 5. The third-order valence-electron chi connectivity index (χ3n) is 3.56. The molecule has 0 saturated carbocycles. The quantitative estimate of drug-likeness (QED) is 0.782. The lowest BCUT2D eigenvalue weighted by Gasteiger charge is -2.30. The van der Waals surface area contributed by atoms with Crippen molar-refractivity contribution in [3.63, 3.8) is 0 Å². The molecule has 0 aromatic carbocycles. The third kappa shape index (κ3) is 4.03. The van der Waals surface area contributed by atoms with Crippen LogP contribution in [0, 0.1) is 5.92 Å². The molecule has 0 unspecified atom stereocenters. The fourth-order valence-electron chi connectivity index (χ4n) is 2.45. The molecule has 1 saturated heterocycles.